The van der Waals surface area contributed by atoms with Gasteiger partial charge in [0.1, 0.15) is 0 Å². The number of ether oxygens (including phenoxy) is 2. The predicted molar refractivity (Wildman–Crippen MR) is 85.9 cm³/mol. The summed E-state index contributed by atoms with van der Waals surface area (Å²) >= 11 is 0. The molecular formula is C16H31N3O2. The van der Waals surface area contributed by atoms with E-state index in [1.54, 1.807) is 7.11 Å². The number of hydrogen-bond donors (Lipinski definition) is 1. The summed E-state index contributed by atoms with van der Waals surface area (Å²) in [4.78, 5) is 0. The zero-order valence-corrected chi connectivity index (χ0v) is 14.1. The zero-order chi connectivity index (χ0) is 15.5. The Morgan fingerprint density at radius 2 is 1.95 bits per heavy atom. The highest BCUT2D eigenvalue weighted by atomic mass is 16.5. The van der Waals surface area contributed by atoms with Crippen molar-refractivity contribution in [3.8, 4) is 0 Å². The molecule has 21 heavy (non-hydrogen) atoms. The Morgan fingerprint density at radius 3 is 2.67 bits per heavy atom. The Bertz CT molecular complexity index is 391. The van der Waals surface area contributed by atoms with Crippen molar-refractivity contribution in [2.45, 2.75) is 46.6 Å². The molecule has 5 nitrogen and oxygen atoms in total. The molecular weight excluding hydrogens is 266 g/mol. The van der Waals surface area contributed by atoms with Crippen LogP contribution in [0.25, 0.3) is 0 Å². The summed E-state index contributed by atoms with van der Waals surface area (Å²) in [6, 6.07) is 0. The molecule has 0 bridgehead atoms. The first-order valence-corrected chi connectivity index (χ1v) is 8.01. The highest BCUT2D eigenvalue weighted by molar-refractivity contribution is 5.24. The molecule has 1 aromatic heterocycles. The van der Waals surface area contributed by atoms with Crippen LogP contribution < -0.4 is 5.32 Å². The molecule has 0 atom stereocenters. The Labute approximate surface area is 129 Å². The fraction of sp³-hybridized carbons (Fsp3) is 0.812. The lowest BCUT2D eigenvalue weighted by Gasteiger charge is -2.07. The van der Waals surface area contributed by atoms with E-state index in [1.807, 2.05) is 0 Å². The number of nitrogens with zero attached hydrogens (tertiary/aromatic N) is 2. The van der Waals surface area contributed by atoms with Crippen LogP contribution in [0.1, 0.15) is 36.7 Å². The van der Waals surface area contributed by atoms with Crippen molar-refractivity contribution in [1.82, 2.24) is 15.1 Å². The summed E-state index contributed by atoms with van der Waals surface area (Å²) < 4.78 is 12.6. The van der Waals surface area contributed by atoms with E-state index in [2.05, 4.69) is 35.9 Å². The number of hydrogen-bond acceptors (Lipinski definition) is 4. The molecule has 0 amide bonds. The largest absolute Gasteiger partial charge is 0.382 e. The van der Waals surface area contributed by atoms with E-state index in [4.69, 9.17) is 9.47 Å². The van der Waals surface area contributed by atoms with Crippen molar-refractivity contribution in [2.75, 3.05) is 40.0 Å². The molecule has 122 valence electrons. The number of methoxy groups -OCH3 is 1. The van der Waals surface area contributed by atoms with Gasteiger partial charge in [0.2, 0.25) is 0 Å². The number of rotatable bonds is 12. The van der Waals surface area contributed by atoms with Crippen LogP contribution in [0.3, 0.4) is 0 Å². The van der Waals surface area contributed by atoms with Crippen LogP contribution in [-0.2, 0) is 22.4 Å². The average Bonchev–Trinajstić information content (AvgIpc) is 2.74. The molecule has 0 saturated heterocycles. The fourth-order valence-electron chi connectivity index (χ4n) is 2.39. The minimum atomic E-state index is 0.662. The third-order valence-corrected chi connectivity index (χ3v) is 3.60. The summed E-state index contributed by atoms with van der Waals surface area (Å²) in [6.45, 7) is 11.6. The van der Waals surface area contributed by atoms with E-state index in [-0.39, 0.29) is 0 Å². The molecule has 0 aliphatic carbocycles. The second-order valence-corrected chi connectivity index (χ2v) is 5.33. The van der Waals surface area contributed by atoms with Gasteiger partial charge in [-0.3, -0.25) is 4.68 Å². The van der Waals surface area contributed by atoms with Gasteiger partial charge in [0.05, 0.1) is 18.9 Å². The third-order valence-electron chi connectivity index (χ3n) is 3.60. The second kappa shape index (κ2) is 10.8. The van der Waals surface area contributed by atoms with E-state index in [1.165, 1.54) is 17.7 Å². The molecule has 1 aromatic rings. The maximum Gasteiger partial charge on any atom is 0.0700 e. The van der Waals surface area contributed by atoms with E-state index in [0.29, 0.717) is 13.2 Å². The molecule has 1 rings (SSSR count). The van der Waals surface area contributed by atoms with Crippen LogP contribution in [0.2, 0.25) is 0 Å². The van der Waals surface area contributed by atoms with E-state index in [0.717, 1.165) is 44.8 Å². The lowest BCUT2D eigenvalue weighted by molar-refractivity contribution is 0.0676. The third kappa shape index (κ3) is 6.59. The lowest BCUT2D eigenvalue weighted by atomic mass is 10.1. The van der Waals surface area contributed by atoms with Crippen molar-refractivity contribution < 1.29 is 9.47 Å². The predicted octanol–water partition coefficient (Wildman–Crippen LogP) is 2.10. The molecule has 1 N–H and O–H groups in total. The second-order valence-electron chi connectivity index (χ2n) is 5.33. The fourth-order valence-corrected chi connectivity index (χ4v) is 2.39. The maximum atomic E-state index is 5.49. The van der Waals surface area contributed by atoms with Crippen LogP contribution >= 0.6 is 0 Å². The monoisotopic (exact) mass is 297 g/mol. The van der Waals surface area contributed by atoms with Gasteiger partial charge in [-0.15, -0.1) is 0 Å². The summed E-state index contributed by atoms with van der Waals surface area (Å²) in [6.07, 6.45) is 3.22. The van der Waals surface area contributed by atoms with Gasteiger partial charge >= 0.3 is 0 Å². The van der Waals surface area contributed by atoms with Gasteiger partial charge in [-0.1, -0.05) is 6.92 Å². The van der Waals surface area contributed by atoms with E-state index in [9.17, 15) is 0 Å². The van der Waals surface area contributed by atoms with Gasteiger partial charge in [0.25, 0.3) is 0 Å². The summed E-state index contributed by atoms with van der Waals surface area (Å²) in [5.74, 6) is 0. The minimum Gasteiger partial charge on any atom is -0.382 e. The van der Waals surface area contributed by atoms with Crippen LogP contribution in [0.4, 0.5) is 0 Å². The molecule has 0 aromatic carbocycles. The van der Waals surface area contributed by atoms with Crippen molar-refractivity contribution in [3.63, 3.8) is 0 Å². The zero-order valence-electron chi connectivity index (χ0n) is 14.1. The highest BCUT2D eigenvalue weighted by Crippen LogP contribution is 2.13. The van der Waals surface area contributed by atoms with Gasteiger partial charge < -0.3 is 14.8 Å². The van der Waals surface area contributed by atoms with Crippen molar-refractivity contribution >= 4 is 0 Å². The number of aromatic nitrogens is 2. The topological polar surface area (TPSA) is 48.3 Å². The lowest BCUT2D eigenvalue weighted by Crippen LogP contribution is -2.18. The molecule has 1 heterocycles. The molecule has 0 fully saturated rings. The molecule has 0 aliphatic heterocycles. The summed E-state index contributed by atoms with van der Waals surface area (Å²) in [7, 11) is 1.69. The Kier molecular flexibility index (Phi) is 9.30. The standard InChI is InChI=1S/C16H31N3O2/c1-5-8-17-9-7-16-14(2)18-19(15(16)3)10-6-11-21-13-12-20-4/h17H,5-13H2,1-4H3. The average molecular weight is 297 g/mol. The van der Waals surface area contributed by atoms with Gasteiger partial charge in [0, 0.05) is 26.0 Å². The Morgan fingerprint density at radius 1 is 1.14 bits per heavy atom. The van der Waals surface area contributed by atoms with Gasteiger partial charge in [0.15, 0.2) is 0 Å². The summed E-state index contributed by atoms with van der Waals surface area (Å²) in [5.41, 5.74) is 3.84. The van der Waals surface area contributed by atoms with Crippen molar-refractivity contribution in [3.05, 3.63) is 17.0 Å². The smallest absolute Gasteiger partial charge is 0.0700 e. The van der Waals surface area contributed by atoms with Crippen molar-refractivity contribution in [1.29, 1.82) is 0 Å². The molecule has 0 radical (unpaired) electrons. The van der Waals surface area contributed by atoms with Crippen LogP contribution in [0.5, 0.6) is 0 Å². The molecule has 0 unspecified atom stereocenters. The first kappa shape index (κ1) is 18.1. The molecule has 0 saturated carbocycles. The van der Waals surface area contributed by atoms with E-state index >= 15 is 0 Å². The summed E-state index contributed by atoms with van der Waals surface area (Å²) in [5, 5.41) is 8.10. The number of nitrogens with one attached hydrogen (secondary N) is 1. The van der Waals surface area contributed by atoms with Crippen LogP contribution in [-0.4, -0.2) is 49.8 Å². The molecule has 5 heteroatoms. The highest BCUT2D eigenvalue weighted by Gasteiger charge is 2.10. The first-order chi connectivity index (χ1) is 10.2. The minimum absolute atomic E-state index is 0.662. The quantitative estimate of drug-likeness (QED) is 0.600. The Hall–Kier alpha value is -0.910. The number of aryl methyl sites for hydroxylation is 2. The van der Waals surface area contributed by atoms with Gasteiger partial charge in [-0.2, -0.15) is 5.10 Å². The Balaban J connectivity index is 2.34. The van der Waals surface area contributed by atoms with E-state index < -0.39 is 0 Å². The first-order valence-electron chi connectivity index (χ1n) is 8.01. The molecule has 0 spiro atoms. The maximum absolute atomic E-state index is 5.49. The van der Waals surface area contributed by atoms with Gasteiger partial charge in [-0.25, -0.2) is 0 Å². The van der Waals surface area contributed by atoms with Crippen molar-refractivity contribution in [2.24, 2.45) is 0 Å². The van der Waals surface area contributed by atoms with Crippen LogP contribution in [0, 0.1) is 13.8 Å². The molecule has 0 aliphatic rings. The SMILES string of the molecule is CCCNCCc1c(C)nn(CCCOCCOC)c1C. The van der Waals surface area contributed by atoms with Gasteiger partial charge in [-0.05, 0) is 51.8 Å². The van der Waals surface area contributed by atoms with Crippen LogP contribution in [0.15, 0.2) is 0 Å². The normalized spacial score (nSPS) is 11.2.